The highest BCUT2D eigenvalue weighted by molar-refractivity contribution is 5.69. The van der Waals surface area contributed by atoms with E-state index in [4.69, 9.17) is 0 Å². The molecule has 1 fully saturated rings. The fraction of sp³-hybridized carbons (Fsp3) is 0.636. The van der Waals surface area contributed by atoms with Crippen LogP contribution in [-0.2, 0) is 16.1 Å². The number of carbonyl (C=O) groups is 1. The maximum atomic E-state index is 10.9. The average Bonchev–Trinajstić information content (AvgIpc) is 3.04. The Bertz CT molecular complexity index is 358. The van der Waals surface area contributed by atoms with E-state index in [1.165, 1.54) is 25.6 Å². The molecule has 16 heavy (non-hydrogen) atoms. The Morgan fingerprint density at radius 2 is 2.50 bits per heavy atom. The molecule has 0 bridgehead atoms. The van der Waals surface area contributed by atoms with Gasteiger partial charge in [0.1, 0.15) is 0 Å². The quantitative estimate of drug-likeness (QED) is 0.574. The van der Waals surface area contributed by atoms with Gasteiger partial charge in [0, 0.05) is 25.3 Å². The van der Waals surface area contributed by atoms with Gasteiger partial charge in [-0.05, 0) is 12.8 Å². The lowest BCUT2D eigenvalue weighted by atomic mass is 10.4. The molecular weight excluding hydrogens is 206 g/mol. The van der Waals surface area contributed by atoms with Gasteiger partial charge in [-0.3, -0.25) is 4.79 Å². The minimum Gasteiger partial charge on any atom is -0.469 e. The molecule has 1 heterocycles. The first-order chi connectivity index (χ1) is 7.81. The number of esters is 1. The number of methoxy groups -OCH3 is 1. The Morgan fingerprint density at radius 3 is 3.19 bits per heavy atom. The van der Waals surface area contributed by atoms with Crippen molar-refractivity contribution in [3.8, 4) is 0 Å². The molecule has 1 aromatic rings. The summed E-state index contributed by atoms with van der Waals surface area (Å²) in [6.45, 7) is 1.40. The molecule has 1 aliphatic carbocycles. The summed E-state index contributed by atoms with van der Waals surface area (Å²) in [6, 6.07) is 0.653. The lowest BCUT2D eigenvalue weighted by Crippen LogP contribution is -2.20. The van der Waals surface area contributed by atoms with Crippen LogP contribution in [0.25, 0.3) is 0 Å². The van der Waals surface area contributed by atoms with E-state index in [9.17, 15) is 4.79 Å². The van der Waals surface area contributed by atoms with E-state index in [0.717, 1.165) is 6.54 Å². The molecule has 0 amide bonds. The second kappa shape index (κ2) is 5.12. The molecule has 0 atom stereocenters. The number of hydrogen-bond donors (Lipinski definition) is 1. The minimum absolute atomic E-state index is 0.178. The zero-order chi connectivity index (χ0) is 11.4. The SMILES string of the molecule is COC(=O)CCNCc1cncn1C1CC1. The second-order valence-electron chi connectivity index (χ2n) is 4.03. The van der Waals surface area contributed by atoms with Gasteiger partial charge in [0.2, 0.25) is 0 Å². The van der Waals surface area contributed by atoms with Crippen LogP contribution < -0.4 is 5.32 Å². The minimum atomic E-state index is -0.178. The molecule has 0 radical (unpaired) electrons. The predicted octanol–water partition coefficient (Wildman–Crippen LogP) is 0.871. The second-order valence-corrected chi connectivity index (χ2v) is 4.03. The zero-order valence-electron chi connectivity index (χ0n) is 9.48. The highest BCUT2D eigenvalue weighted by Crippen LogP contribution is 2.35. The predicted molar refractivity (Wildman–Crippen MR) is 58.8 cm³/mol. The number of rotatable bonds is 6. The van der Waals surface area contributed by atoms with E-state index >= 15 is 0 Å². The summed E-state index contributed by atoms with van der Waals surface area (Å²) in [4.78, 5) is 15.0. The van der Waals surface area contributed by atoms with Gasteiger partial charge in [0.25, 0.3) is 0 Å². The fourth-order valence-corrected chi connectivity index (χ4v) is 1.66. The van der Waals surface area contributed by atoms with Crippen LogP contribution in [0, 0.1) is 0 Å². The zero-order valence-corrected chi connectivity index (χ0v) is 9.48. The molecule has 88 valence electrons. The van der Waals surface area contributed by atoms with Gasteiger partial charge >= 0.3 is 5.97 Å². The van der Waals surface area contributed by atoms with Crippen LogP contribution in [0.4, 0.5) is 0 Å². The highest BCUT2D eigenvalue weighted by atomic mass is 16.5. The summed E-state index contributed by atoms with van der Waals surface area (Å²) in [5, 5.41) is 3.21. The van der Waals surface area contributed by atoms with Gasteiger partial charge in [-0.25, -0.2) is 4.98 Å². The summed E-state index contributed by atoms with van der Waals surface area (Å²) < 4.78 is 6.78. The van der Waals surface area contributed by atoms with E-state index in [-0.39, 0.29) is 5.97 Å². The van der Waals surface area contributed by atoms with Gasteiger partial charge in [-0.2, -0.15) is 0 Å². The van der Waals surface area contributed by atoms with Crippen molar-refractivity contribution < 1.29 is 9.53 Å². The van der Waals surface area contributed by atoms with Crippen molar-refractivity contribution in [2.45, 2.75) is 31.8 Å². The summed E-state index contributed by atoms with van der Waals surface area (Å²) >= 11 is 0. The first-order valence-corrected chi connectivity index (χ1v) is 5.59. The molecule has 0 aliphatic heterocycles. The Hall–Kier alpha value is -1.36. The van der Waals surface area contributed by atoms with Crippen LogP contribution >= 0.6 is 0 Å². The molecule has 0 saturated heterocycles. The van der Waals surface area contributed by atoms with E-state index in [2.05, 4.69) is 19.6 Å². The summed E-state index contributed by atoms with van der Waals surface area (Å²) in [7, 11) is 1.41. The lowest BCUT2D eigenvalue weighted by Gasteiger charge is -2.07. The van der Waals surface area contributed by atoms with Crippen LogP contribution in [-0.4, -0.2) is 29.2 Å². The van der Waals surface area contributed by atoms with Crippen LogP contribution in [0.15, 0.2) is 12.5 Å². The number of nitrogens with one attached hydrogen (secondary N) is 1. The molecule has 1 aliphatic rings. The van der Waals surface area contributed by atoms with Gasteiger partial charge in [-0.1, -0.05) is 0 Å². The maximum absolute atomic E-state index is 10.9. The Labute approximate surface area is 94.8 Å². The van der Waals surface area contributed by atoms with Crippen molar-refractivity contribution in [2.75, 3.05) is 13.7 Å². The molecule has 1 N–H and O–H groups in total. The molecule has 2 rings (SSSR count). The standard InChI is InChI=1S/C11H17N3O2/c1-16-11(15)4-5-12-6-10-7-13-8-14(10)9-2-3-9/h7-9,12H,2-6H2,1H3. The van der Waals surface area contributed by atoms with Crippen molar-refractivity contribution in [3.63, 3.8) is 0 Å². The summed E-state index contributed by atoms with van der Waals surface area (Å²) in [5.41, 5.74) is 1.19. The molecule has 0 aromatic carbocycles. The number of aromatic nitrogens is 2. The number of ether oxygens (including phenoxy) is 1. The molecule has 1 aromatic heterocycles. The summed E-state index contributed by atoms with van der Waals surface area (Å²) in [6.07, 6.45) is 6.68. The molecule has 0 spiro atoms. The van der Waals surface area contributed by atoms with Crippen LogP contribution in [0.1, 0.15) is 31.0 Å². The van der Waals surface area contributed by atoms with E-state index < -0.39 is 0 Å². The largest absolute Gasteiger partial charge is 0.469 e. The maximum Gasteiger partial charge on any atom is 0.306 e. The molecule has 5 heteroatoms. The Kier molecular flexibility index (Phi) is 3.56. The third-order valence-corrected chi connectivity index (χ3v) is 2.73. The first-order valence-electron chi connectivity index (χ1n) is 5.59. The van der Waals surface area contributed by atoms with Crippen LogP contribution in [0.2, 0.25) is 0 Å². The first kappa shape index (κ1) is 11.1. The van der Waals surface area contributed by atoms with E-state index in [1.54, 1.807) is 0 Å². The third kappa shape index (κ3) is 2.82. The van der Waals surface area contributed by atoms with Gasteiger partial charge in [0.05, 0.1) is 25.6 Å². The highest BCUT2D eigenvalue weighted by Gasteiger charge is 2.24. The van der Waals surface area contributed by atoms with Crippen molar-refractivity contribution in [3.05, 3.63) is 18.2 Å². The monoisotopic (exact) mass is 223 g/mol. The van der Waals surface area contributed by atoms with Crippen molar-refractivity contribution in [1.29, 1.82) is 0 Å². The molecule has 1 saturated carbocycles. The normalized spacial score (nSPS) is 15.1. The van der Waals surface area contributed by atoms with Crippen LogP contribution in [0.5, 0.6) is 0 Å². The van der Waals surface area contributed by atoms with Crippen molar-refractivity contribution >= 4 is 5.97 Å². The molecule has 0 unspecified atom stereocenters. The fourth-order valence-electron chi connectivity index (χ4n) is 1.66. The molecular formula is C11H17N3O2. The van der Waals surface area contributed by atoms with Crippen molar-refractivity contribution in [1.82, 2.24) is 14.9 Å². The number of hydrogen-bond acceptors (Lipinski definition) is 4. The van der Waals surface area contributed by atoms with Gasteiger partial charge in [0.15, 0.2) is 0 Å². The average molecular weight is 223 g/mol. The van der Waals surface area contributed by atoms with Crippen LogP contribution in [0.3, 0.4) is 0 Å². The van der Waals surface area contributed by atoms with Gasteiger partial charge < -0.3 is 14.6 Å². The van der Waals surface area contributed by atoms with Gasteiger partial charge in [-0.15, -0.1) is 0 Å². The van der Waals surface area contributed by atoms with E-state index in [0.29, 0.717) is 19.0 Å². The van der Waals surface area contributed by atoms with E-state index in [1.807, 2.05) is 12.5 Å². The smallest absolute Gasteiger partial charge is 0.306 e. The third-order valence-electron chi connectivity index (χ3n) is 2.73. The number of imidazole rings is 1. The Balaban J connectivity index is 1.72. The number of carbonyl (C=O) groups excluding carboxylic acids is 1. The lowest BCUT2D eigenvalue weighted by molar-refractivity contribution is -0.140. The Morgan fingerprint density at radius 1 is 1.69 bits per heavy atom. The summed E-state index contributed by atoms with van der Waals surface area (Å²) in [5.74, 6) is -0.178. The molecule has 5 nitrogen and oxygen atoms in total. The van der Waals surface area contributed by atoms with Crippen molar-refractivity contribution in [2.24, 2.45) is 0 Å². The number of nitrogens with zero attached hydrogens (tertiary/aromatic N) is 2. The topological polar surface area (TPSA) is 56.1 Å².